The number of nitrogens with zero attached hydrogens (tertiary/aromatic N) is 3. The first-order valence-corrected chi connectivity index (χ1v) is 9.45. The Morgan fingerprint density at radius 3 is 3.08 bits per heavy atom. The maximum Gasteiger partial charge on any atom is 0.312 e. The molecule has 1 aromatic heterocycles. The Labute approximate surface area is 150 Å². The number of ether oxygens (including phenoxy) is 1. The van der Waals surface area contributed by atoms with Gasteiger partial charge in [-0.3, -0.25) is 4.79 Å². The summed E-state index contributed by atoms with van der Waals surface area (Å²) < 4.78 is 5.94. The molecule has 0 spiro atoms. The summed E-state index contributed by atoms with van der Waals surface area (Å²) in [5.74, 6) is -0.0141. The van der Waals surface area contributed by atoms with E-state index in [9.17, 15) is 9.90 Å². The van der Waals surface area contributed by atoms with Crippen LogP contribution in [0.3, 0.4) is 0 Å². The summed E-state index contributed by atoms with van der Waals surface area (Å²) in [6, 6.07) is 7.75. The van der Waals surface area contributed by atoms with Gasteiger partial charge in [0.2, 0.25) is 5.13 Å². The van der Waals surface area contributed by atoms with Crippen LogP contribution in [0.4, 0.5) is 5.13 Å². The molecule has 0 bridgehead atoms. The minimum absolute atomic E-state index is 0.0732. The van der Waals surface area contributed by atoms with Crippen LogP contribution >= 0.6 is 11.3 Å². The van der Waals surface area contributed by atoms with Gasteiger partial charge >= 0.3 is 5.97 Å². The molecule has 7 heteroatoms. The van der Waals surface area contributed by atoms with E-state index in [-0.39, 0.29) is 5.92 Å². The van der Waals surface area contributed by atoms with Crippen LogP contribution in [0.15, 0.2) is 24.3 Å². The molecule has 0 unspecified atom stereocenters. The van der Waals surface area contributed by atoms with Gasteiger partial charge in [0, 0.05) is 25.4 Å². The Balaban J connectivity index is 1.65. The minimum Gasteiger partial charge on any atom is -0.493 e. The summed E-state index contributed by atoms with van der Waals surface area (Å²) in [4.78, 5) is 14.4. The van der Waals surface area contributed by atoms with E-state index in [2.05, 4.69) is 22.0 Å². The van der Waals surface area contributed by atoms with Gasteiger partial charge in [0.05, 0.1) is 12.0 Å². The second-order valence-corrected chi connectivity index (χ2v) is 7.90. The summed E-state index contributed by atoms with van der Waals surface area (Å²) in [5, 5.41) is 20.5. The van der Waals surface area contributed by atoms with Crippen molar-refractivity contribution in [1.82, 2.24) is 10.2 Å². The fraction of sp³-hybridized carbons (Fsp3) is 0.500. The van der Waals surface area contributed by atoms with E-state index in [0.717, 1.165) is 34.3 Å². The van der Waals surface area contributed by atoms with Crippen LogP contribution in [0.25, 0.3) is 0 Å². The molecule has 1 fully saturated rings. The molecule has 4 rings (SSSR count). The summed E-state index contributed by atoms with van der Waals surface area (Å²) in [6.07, 6.45) is 2.43. The number of para-hydroxylation sites is 1. The molecule has 3 heterocycles. The average Bonchev–Trinajstić information content (AvgIpc) is 3.17. The standard InChI is InChI=1S/C18H21N3O3S/c1-2-5-15-19-20-17(25-15)21-9-13-10-24-14-7-4-3-6-12(14)8-18(13,11-21)16(22)23/h3-4,6-7,13H,2,5,8-11H2,1H3,(H,22,23)/t13-,18+/m1/s1. The van der Waals surface area contributed by atoms with Gasteiger partial charge in [-0.05, 0) is 24.5 Å². The minimum atomic E-state index is -0.844. The fourth-order valence-electron chi connectivity index (χ4n) is 3.86. The average molecular weight is 359 g/mol. The predicted molar refractivity (Wildman–Crippen MR) is 95.3 cm³/mol. The van der Waals surface area contributed by atoms with Gasteiger partial charge in [-0.2, -0.15) is 0 Å². The number of benzene rings is 1. The highest BCUT2D eigenvalue weighted by atomic mass is 32.1. The topological polar surface area (TPSA) is 75.5 Å². The highest BCUT2D eigenvalue weighted by Crippen LogP contribution is 2.45. The van der Waals surface area contributed by atoms with Crippen molar-refractivity contribution in [1.29, 1.82) is 0 Å². The Hall–Kier alpha value is -2.15. The lowest BCUT2D eigenvalue weighted by Crippen LogP contribution is -2.42. The molecule has 2 aliphatic rings. The smallest absolute Gasteiger partial charge is 0.312 e. The molecule has 2 aromatic rings. The molecule has 2 atom stereocenters. The monoisotopic (exact) mass is 359 g/mol. The lowest BCUT2D eigenvalue weighted by atomic mass is 9.74. The van der Waals surface area contributed by atoms with Crippen molar-refractivity contribution in [2.24, 2.45) is 11.3 Å². The Kier molecular flexibility index (Phi) is 4.11. The first-order chi connectivity index (χ1) is 12.1. The van der Waals surface area contributed by atoms with Crippen molar-refractivity contribution < 1.29 is 14.6 Å². The third-order valence-corrected chi connectivity index (χ3v) is 6.27. The normalized spacial score (nSPS) is 25.0. The number of carbonyl (C=O) groups is 1. The maximum atomic E-state index is 12.3. The number of aromatic nitrogens is 2. The van der Waals surface area contributed by atoms with Gasteiger partial charge in [0.15, 0.2) is 0 Å². The number of carboxylic acid groups (broad SMARTS) is 1. The molecular formula is C18H21N3O3S. The number of anilines is 1. The zero-order chi connectivity index (χ0) is 17.4. The molecule has 2 aliphatic heterocycles. The molecule has 0 saturated carbocycles. The number of rotatable bonds is 4. The molecule has 1 N–H and O–H groups in total. The van der Waals surface area contributed by atoms with Gasteiger partial charge in [-0.1, -0.05) is 36.5 Å². The van der Waals surface area contributed by atoms with Crippen molar-refractivity contribution in [3.05, 3.63) is 34.8 Å². The number of aliphatic carboxylic acids is 1. The molecule has 132 valence electrons. The zero-order valence-corrected chi connectivity index (χ0v) is 15.0. The molecule has 6 nitrogen and oxygen atoms in total. The maximum absolute atomic E-state index is 12.3. The molecule has 0 radical (unpaired) electrons. The Bertz CT molecular complexity index is 793. The highest BCUT2D eigenvalue weighted by Gasteiger charge is 2.54. The van der Waals surface area contributed by atoms with E-state index >= 15 is 0 Å². The SMILES string of the molecule is CCCc1nnc(N2C[C@@H]3COc4ccccc4C[C@]3(C(=O)O)C2)s1. The van der Waals surface area contributed by atoms with Crippen LogP contribution in [0.1, 0.15) is 23.9 Å². The van der Waals surface area contributed by atoms with E-state index < -0.39 is 11.4 Å². The van der Waals surface area contributed by atoms with Crippen molar-refractivity contribution >= 4 is 22.4 Å². The van der Waals surface area contributed by atoms with Crippen LogP contribution in [0.5, 0.6) is 5.75 Å². The highest BCUT2D eigenvalue weighted by molar-refractivity contribution is 7.15. The Morgan fingerprint density at radius 2 is 2.28 bits per heavy atom. The van der Waals surface area contributed by atoms with Crippen molar-refractivity contribution in [2.45, 2.75) is 26.2 Å². The fourth-order valence-corrected chi connectivity index (χ4v) is 4.81. The molecular weight excluding hydrogens is 338 g/mol. The first-order valence-electron chi connectivity index (χ1n) is 8.64. The van der Waals surface area contributed by atoms with E-state index in [0.29, 0.717) is 26.1 Å². The van der Waals surface area contributed by atoms with Crippen LogP contribution < -0.4 is 9.64 Å². The van der Waals surface area contributed by atoms with Crippen LogP contribution in [0.2, 0.25) is 0 Å². The number of hydrogen-bond donors (Lipinski definition) is 1. The number of carboxylic acids is 1. The number of hydrogen-bond acceptors (Lipinski definition) is 6. The molecule has 1 aromatic carbocycles. The summed E-state index contributed by atoms with van der Waals surface area (Å²) in [6.45, 7) is 3.62. The summed E-state index contributed by atoms with van der Waals surface area (Å²) in [5.41, 5.74) is 0.126. The number of fused-ring (bicyclic) bond motifs is 2. The van der Waals surface area contributed by atoms with Gasteiger partial charge in [-0.15, -0.1) is 10.2 Å². The van der Waals surface area contributed by atoms with Gasteiger partial charge in [0.25, 0.3) is 0 Å². The summed E-state index contributed by atoms with van der Waals surface area (Å²) >= 11 is 1.57. The first kappa shape index (κ1) is 16.3. The molecule has 0 amide bonds. The number of aryl methyl sites for hydroxylation is 1. The van der Waals surface area contributed by atoms with Crippen LogP contribution in [-0.4, -0.2) is 41.0 Å². The van der Waals surface area contributed by atoms with Crippen molar-refractivity contribution in [3.63, 3.8) is 0 Å². The van der Waals surface area contributed by atoms with E-state index in [1.165, 1.54) is 0 Å². The van der Waals surface area contributed by atoms with Gasteiger partial charge < -0.3 is 14.7 Å². The molecule has 25 heavy (non-hydrogen) atoms. The quantitative estimate of drug-likeness (QED) is 0.904. The zero-order valence-electron chi connectivity index (χ0n) is 14.1. The van der Waals surface area contributed by atoms with E-state index in [4.69, 9.17) is 4.74 Å². The summed E-state index contributed by atoms with van der Waals surface area (Å²) in [7, 11) is 0. The van der Waals surface area contributed by atoms with Crippen molar-refractivity contribution in [2.75, 3.05) is 24.6 Å². The van der Waals surface area contributed by atoms with E-state index in [1.807, 2.05) is 24.3 Å². The predicted octanol–water partition coefficient (Wildman–Crippen LogP) is 2.63. The second-order valence-electron chi connectivity index (χ2n) is 6.86. The Morgan fingerprint density at radius 1 is 1.44 bits per heavy atom. The third kappa shape index (κ3) is 2.76. The molecule has 0 aliphatic carbocycles. The van der Waals surface area contributed by atoms with Gasteiger partial charge in [0.1, 0.15) is 10.8 Å². The lowest BCUT2D eigenvalue weighted by molar-refractivity contribution is -0.150. The third-order valence-electron chi connectivity index (χ3n) is 5.23. The molecule has 1 saturated heterocycles. The van der Waals surface area contributed by atoms with E-state index in [1.54, 1.807) is 11.3 Å². The second kappa shape index (κ2) is 6.29. The van der Waals surface area contributed by atoms with Crippen LogP contribution in [-0.2, 0) is 17.6 Å². The van der Waals surface area contributed by atoms with Crippen molar-refractivity contribution in [3.8, 4) is 5.75 Å². The van der Waals surface area contributed by atoms with Crippen LogP contribution in [0, 0.1) is 11.3 Å². The van der Waals surface area contributed by atoms with Gasteiger partial charge in [-0.25, -0.2) is 0 Å². The largest absolute Gasteiger partial charge is 0.493 e. The lowest BCUT2D eigenvalue weighted by Gasteiger charge is -2.27.